The fourth-order valence-electron chi connectivity index (χ4n) is 4.59. The van der Waals surface area contributed by atoms with Crippen LogP contribution in [0.1, 0.15) is 47.1 Å². The Kier molecular flexibility index (Phi) is 7.61. The minimum absolute atomic E-state index is 0.0443. The first-order chi connectivity index (χ1) is 18.1. The van der Waals surface area contributed by atoms with Crippen LogP contribution in [-0.4, -0.2) is 44.8 Å². The molecule has 0 bridgehead atoms. The van der Waals surface area contributed by atoms with Crippen molar-refractivity contribution in [2.45, 2.75) is 31.8 Å². The van der Waals surface area contributed by atoms with E-state index >= 15 is 0 Å². The lowest BCUT2D eigenvalue weighted by atomic mass is 10.0. The second-order valence-corrected chi connectivity index (χ2v) is 9.51. The molecule has 5 rings (SSSR count). The third kappa shape index (κ3) is 5.89. The van der Waals surface area contributed by atoms with Gasteiger partial charge in [0.15, 0.2) is 0 Å². The Labute approximate surface area is 220 Å². The predicted octanol–water partition coefficient (Wildman–Crippen LogP) is 5.79. The number of nitrogens with zero attached hydrogens (tertiary/aromatic N) is 4. The predicted molar refractivity (Wildman–Crippen MR) is 141 cm³/mol. The van der Waals surface area contributed by atoms with Crippen LogP contribution >= 0.6 is 11.6 Å². The molecule has 8 heteroatoms. The number of carbonyl (C=O) groups excluding carboxylic acids is 2. The number of hydrogen-bond acceptors (Lipinski definition) is 5. The van der Waals surface area contributed by atoms with E-state index in [1.165, 1.54) is 0 Å². The van der Waals surface area contributed by atoms with Gasteiger partial charge >= 0.3 is 0 Å². The smallest absolute Gasteiger partial charge is 0.254 e. The second-order valence-electron chi connectivity index (χ2n) is 9.07. The van der Waals surface area contributed by atoms with Crippen molar-refractivity contribution in [1.82, 2.24) is 19.9 Å². The third-order valence-corrected chi connectivity index (χ3v) is 6.75. The largest absolute Gasteiger partial charge is 0.337 e. The van der Waals surface area contributed by atoms with Gasteiger partial charge in [-0.15, -0.1) is 0 Å². The quantitative estimate of drug-likeness (QED) is 0.312. The molecule has 0 N–H and O–H groups in total. The lowest BCUT2D eigenvalue weighted by Crippen LogP contribution is -2.45. The van der Waals surface area contributed by atoms with E-state index < -0.39 is 0 Å². The maximum absolute atomic E-state index is 13.7. The summed E-state index contributed by atoms with van der Waals surface area (Å²) in [4.78, 5) is 35.0. The Bertz CT molecular complexity index is 1340. The molecule has 0 unspecified atom stereocenters. The van der Waals surface area contributed by atoms with E-state index in [9.17, 15) is 9.59 Å². The van der Waals surface area contributed by atoms with E-state index in [0.29, 0.717) is 35.4 Å². The first kappa shape index (κ1) is 24.7. The third-order valence-electron chi connectivity index (χ3n) is 6.50. The number of hydrogen-bond donors (Lipinski definition) is 0. The number of carbonyl (C=O) groups is 2. The van der Waals surface area contributed by atoms with Gasteiger partial charge in [0.1, 0.15) is 12.6 Å². The molecular formula is C29H27ClN4O3. The summed E-state index contributed by atoms with van der Waals surface area (Å²) < 4.78 is 5.62. The van der Waals surface area contributed by atoms with Crippen molar-refractivity contribution < 1.29 is 14.1 Å². The van der Waals surface area contributed by atoms with E-state index in [1.807, 2.05) is 60.7 Å². The van der Waals surface area contributed by atoms with Crippen LogP contribution in [0.25, 0.3) is 11.4 Å². The van der Waals surface area contributed by atoms with E-state index in [0.717, 1.165) is 30.4 Å². The van der Waals surface area contributed by atoms with Crippen molar-refractivity contribution in [2.75, 3.05) is 13.1 Å². The summed E-state index contributed by atoms with van der Waals surface area (Å²) in [5.74, 6) is 0.530. The highest BCUT2D eigenvalue weighted by molar-refractivity contribution is 6.30. The molecule has 0 saturated carbocycles. The number of likely N-dealkylation sites (tertiary alicyclic amines) is 1. The van der Waals surface area contributed by atoms with Gasteiger partial charge in [-0.25, -0.2) is 0 Å². The maximum atomic E-state index is 13.7. The molecule has 3 aromatic carbocycles. The highest BCUT2D eigenvalue weighted by atomic mass is 35.5. The number of benzene rings is 3. The summed E-state index contributed by atoms with van der Waals surface area (Å²) in [6.45, 7) is 0.859. The Morgan fingerprint density at radius 2 is 1.65 bits per heavy atom. The summed E-state index contributed by atoms with van der Waals surface area (Å²) in [7, 11) is 0. The topological polar surface area (TPSA) is 79.5 Å². The van der Waals surface area contributed by atoms with Gasteiger partial charge in [-0.3, -0.25) is 9.59 Å². The van der Waals surface area contributed by atoms with E-state index in [4.69, 9.17) is 16.1 Å². The number of rotatable bonds is 7. The summed E-state index contributed by atoms with van der Waals surface area (Å²) in [5, 5.41) is 4.76. The monoisotopic (exact) mass is 514 g/mol. The Morgan fingerprint density at radius 1 is 0.946 bits per heavy atom. The summed E-state index contributed by atoms with van der Waals surface area (Å²) in [5.41, 5.74) is 2.29. The van der Waals surface area contributed by atoms with Crippen LogP contribution in [0.4, 0.5) is 0 Å². The zero-order valence-corrected chi connectivity index (χ0v) is 21.1. The van der Waals surface area contributed by atoms with Crippen LogP contribution in [0.3, 0.4) is 0 Å². The van der Waals surface area contributed by atoms with E-state index in [2.05, 4.69) is 10.1 Å². The molecule has 1 aliphatic rings. The Morgan fingerprint density at radius 3 is 2.38 bits per heavy atom. The first-order valence-electron chi connectivity index (χ1n) is 12.4. The molecule has 4 aromatic rings. The van der Waals surface area contributed by atoms with Gasteiger partial charge in [0.25, 0.3) is 5.91 Å². The highest BCUT2D eigenvalue weighted by Gasteiger charge is 2.33. The van der Waals surface area contributed by atoms with Crippen LogP contribution in [0.15, 0.2) is 89.5 Å². The number of amides is 2. The lowest BCUT2D eigenvalue weighted by molar-refractivity contribution is -0.136. The van der Waals surface area contributed by atoms with Crippen molar-refractivity contribution >= 4 is 23.4 Å². The highest BCUT2D eigenvalue weighted by Crippen LogP contribution is 2.31. The average Bonchev–Trinajstić information content (AvgIpc) is 3.44. The summed E-state index contributed by atoms with van der Waals surface area (Å²) >= 11 is 6.00. The normalized spacial score (nSPS) is 15.4. The zero-order chi connectivity index (χ0) is 25.6. The van der Waals surface area contributed by atoms with Crippen LogP contribution in [0.5, 0.6) is 0 Å². The minimum atomic E-state index is -0.333. The van der Waals surface area contributed by atoms with Gasteiger partial charge in [0.05, 0.1) is 0 Å². The van der Waals surface area contributed by atoms with Gasteiger partial charge < -0.3 is 14.3 Å². The minimum Gasteiger partial charge on any atom is -0.337 e. The van der Waals surface area contributed by atoms with Crippen LogP contribution in [-0.2, 0) is 11.3 Å². The molecule has 1 aliphatic heterocycles. The lowest BCUT2D eigenvalue weighted by Gasteiger charge is -2.35. The van der Waals surface area contributed by atoms with E-state index in [-0.39, 0.29) is 24.4 Å². The second kappa shape index (κ2) is 11.4. The molecule has 7 nitrogen and oxygen atoms in total. The Hall–Kier alpha value is -3.97. The van der Waals surface area contributed by atoms with Crippen molar-refractivity contribution in [2.24, 2.45) is 0 Å². The molecular weight excluding hydrogens is 488 g/mol. The van der Waals surface area contributed by atoms with Crippen molar-refractivity contribution in [3.8, 4) is 11.4 Å². The van der Waals surface area contributed by atoms with Crippen molar-refractivity contribution in [3.05, 3.63) is 107 Å². The molecule has 0 radical (unpaired) electrons. The maximum Gasteiger partial charge on any atom is 0.254 e. The SMILES string of the molecule is O=C(c1ccccc1)N(CC(=O)N1CCCC[C@@H]1c1nc(-c2ccc(Cl)cc2)no1)Cc1ccccc1. The number of halogens is 1. The molecule has 2 amide bonds. The van der Waals surface area contributed by atoms with Gasteiger partial charge in [-0.1, -0.05) is 65.3 Å². The molecule has 1 fully saturated rings. The van der Waals surface area contributed by atoms with Gasteiger partial charge in [-0.2, -0.15) is 4.98 Å². The van der Waals surface area contributed by atoms with Crippen LogP contribution < -0.4 is 0 Å². The number of piperidine rings is 1. The molecule has 1 saturated heterocycles. The van der Waals surface area contributed by atoms with Gasteiger partial charge in [0, 0.05) is 29.2 Å². The molecule has 1 aromatic heterocycles. The summed E-state index contributed by atoms with van der Waals surface area (Å²) in [6.07, 6.45) is 2.55. The molecule has 0 spiro atoms. The van der Waals surface area contributed by atoms with Crippen molar-refractivity contribution in [1.29, 1.82) is 0 Å². The van der Waals surface area contributed by atoms with Crippen LogP contribution in [0, 0.1) is 0 Å². The molecule has 37 heavy (non-hydrogen) atoms. The average molecular weight is 515 g/mol. The molecule has 188 valence electrons. The fraction of sp³-hybridized carbons (Fsp3) is 0.241. The fourth-order valence-corrected chi connectivity index (χ4v) is 4.72. The van der Waals surface area contributed by atoms with Crippen LogP contribution in [0.2, 0.25) is 5.02 Å². The number of aromatic nitrogens is 2. The zero-order valence-electron chi connectivity index (χ0n) is 20.3. The van der Waals surface area contributed by atoms with Gasteiger partial charge in [0.2, 0.25) is 17.6 Å². The van der Waals surface area contributed by atoms with Crippen molar-refractivity contribution in [3.63, 3.8) is 0 Å². The standard InChI is InChI=1S/C29H27ClN4O3/c30-24-16-14-22(15-17-24)27-31-28(37-32-27)25-13-7-8-18-34(25)26(35)20-33(19-21-9-3-1-4-10-21)29(36)23-11-5-2-6-12-23/h1-6,9-12,14-17,25H,7-8,13,18-20H2/t25-/m1/s1. The van der Waals surface area contributed by atoms with E-state index in [1.54, 1.807) is 34.1 Å². The molecule has 2 heterocycles. The Balaban J connectivity index is 1.37. The molecule has 1 atom stereocenters. The molecule has 0 aliphatic carbocycles. The van der Waals surface area contributed by atoms with Gasteiger partial charge in [-0.05, 0) is 61.2 Å². The summed E-state index contributed by atoms with van der Waals surface area (Å²) in [6, 6.07) is 25.6. The first-order valence-corrected chi connectivity index (χ1v) is 12.7.